The maximum absolute atomic E-state index is 11.7. The van der Waals surface area contributed by atoms with E-state index >= 15 is 0 Å². The molecule has 0 spiro atoms. The number of aliphatic carboxylic acids is 1. The highest BCUT2D eigenvalue weighted by Crippen LogP contribution is 2.38. The lowest BCUT2D eigenvalue weighted by molar-refractivity contribution is -0.139. The summed E-state index contributed by atoms with van der Waals surface area (Å²) < 4.78 is 1.90. The molecule has 1 aromatic carbocycles. The molecule has 126 valence electrons. The highest BCUT2D eigenvalue weighted by atomic mass is 16.4. The number of hydrogen-bond acceptors (Lipinski definition) is 3. The van der Waals surface area contributed by atoms with Crippen molar-refractivity contribution in [1.29, 1.82) is 0 Å². The highest BCUT2D eigenvalue weighted by Gasteiger charge is 2.31. The second kappa shape index (κ2) is 6.06. The number of carboxylic acids is 1. The lowest BCUT2D eigenvalue weighted by Crippen LogP contribution is -2.36. The molecular weight excluding hydrogens is 302 g/mol. The smallest absolute Gasteiger partial charge is 0.312 e. The van der Waals surface area contributed by atoms with E-state index in [4.69, 9.17) is 0 Å². The van der Waals surface area contributed by atoms with Gasteiger partial charge in [-0.05, 0) is 24.0 Å². The number of benzene rings is 1. The predicted molar refractivity (Wildman–Crippen MR) is 90.7 cm³/mol. The first-order valence-electron chi connectivity index (χ1n) is 8.67. The van der Waals surface area contributed by atoms with Crippen molar-refractivity contribution in [2.24, 2.45) is 7.05 Å². The van der Waals surface area contributed by atoms with Crippen molar-refractivity contribution >= 4 is 5.97 Å². The van der Waals surface area contributed by atoms with E-state index in [1.807, 2.05) is 36.0 Å². The molecule has 2 aromatic rings. The second-order valence-corrected chi connectivity index (χ2v) is 7.10. The Morgan fingerprint density at radius 2 is 2.12 bits per heavy atom. The van der Waals surface area contributed by atoms with Crippen LogP contribution in [0.15, 0.2) is 30.5 Å². The summed E-state index contributed by atoms with van der Waals surface area (Å²) >= 11 is 0. The summed E-state index contributed by atoms with van der Waals surface area (Å²) in [4.78, 5) is 14.0. The molecule has 2 aliphatic rings. The van der Waals surface area contributed by atoms with E-state index in [1.165, 1.54) is 30.5 Å². The minimum atomic E-state index is -0.738. The molecule has 1 fully saturated rings. The quantitative estimate of drug-likeness (QED) is 0.939. The van der Waals surface area contributed by atoms with Crippen LogP contribution in [-0.4, -0.2) is 32.3 Å². The van der Waals surface area contributed by atoms with Gasteiger partial charge in [-0.25, -0.2) is 0 Å². The molecule has 1 N–H and O–H groups in total. The van der Waals surface area contributed by atoms with E-state index < -0.39 is 11.9 Å². The molecule has 0 radical (unpaired) electrons. The molecule has 5 nitrogen and oxygen atoms in total. The summed E-state index contributed by atoms with van der Waals surface area (Å²) in [5, 5.41) is 14.3. The number of aryl methyl sites for hydroxylation is 1. The summed E-state index contributed by atoms with van der Waals surface area (Å²) in [5.41, 5.74) is 4.57. The van der Waals surface area contributed by atoms with Crippen molar-refractivity contribution in [2.75, 3.05) is 6.54 Å². The molecule has 1 unspecified atom stereocenters. The third-order valence-corrected chi connectivity index (χ3v) is 5.39. The number of rotatable bonds is 4. The minimum absolute atomic E-state index is 0.446. The zero-order valence-corrected chi connectivity index (χ0v) is 14.0. The first kappa shape index (κ1) is 15.4. The van der Waals surface area contributed by atoms with Gasteiger partial charge in [0.05, 0.1) is 11.6 Å². The van der Waals surface area contributed by atoms with Crippen molar-refractivity contribution in [1.82, 2.24) is 14.7 Å². The maximum Gasteiger partial charge on any atom is 0.312 e. The van der Waals surface area contributed by atoms with Crippen LogP contribution in [0.5, 0.6) is 0 Å². The molecule has 2 heterocycles. The Hall–Kier alpha value is -2.14. The van der Waals surface area contributed by atoms with E-state index in [0.29, 0.717) is 12.5 Å². The summed E-state index contributed by atoms with van der Waals surface area (Å²) in [6, 6.07) is 7.92. The SMILES string of the molecule is Cn1cc(CN2Cc3ccccc3C(C(=O)O)C2)c(C2CCC2)n1. The van der Waals surface area contributed by atoms with Crippen LogP contribution in [0.4, 0.5) is 0 Å². The number of hydrogen-bond donors (Lipinski definition) is 1. The molecular formula is C19H23N3O2. The van der Waals surface area contributed by atoms with Gasteiger partial charge in [-0.3, -0.25) is 14.4 Å². The van der Waals surface area contributed by atoms with Crippen LogP contribution in [0.25, 0.3) is 0 Å². The van der Waals surface area contributed by atoms with Gasteiger partial charge in [0.1, 0.15) is 0 Å². The molecule has 5 heteroatoms. The number of aromatic nitrogens is 2. The van der Waals surface area contributed by atoms with Crippen LogP contribution in [-0.2, 0) is 24.9 Å². The fourth-order valence-electron chi connectivity index (χ4n) is 3.95. The van der Waals surface area contributed by atoms with Gasteiger partial charge in [0, 0.05) is 44.4 Å². The van der Waals surface area contributed by atoms with Crippen LogP contribution in [0.2, 0.25) is 0 Å². The lowest BCUT2D eigenvalue weighted by Gasteiger charge is -2.33. The van der Waals surface area contributed by atoms with Gasteiger partial charge < -0.3 is 5.11 Å². The number of carboxylic acid groups (broad SMARTS) is 1. The van der Waals surface area contributed by atoms with Gasteiger partial charge in [-0.1, -0.05) is 30.7 Å². The molecule has 0 bridgehead atoms. The largest absolute Gasteiger partial charge is 0.481 e. The Morgan fingerprint density at radius 1 is 1.33 bits per heavy atom. The monoisotopic (exact) mass is 325 g/mol. The predicted octanol–water partition coefficient (Wildman–Crippen LogP) is 2.87. The summed E-state index contributed by atoms with van der Waals surface area (Å²) in [5.74, 6) is -0.593. The Labute approximate surface area is 141 Å². The van der Waals surface area contributed by atoms with Crippen molar-refractivity contribution in [3.05, 3.63) is 52.8 Å². The number of nitrogens with zero attached hydrogens (tertiary/aromatic N) is 3. The number of fused-ring (bicyclic) bond motifs is 1. The van der Waals surface area contributed by atoms with Crippen LogP contribution in [0.3, 0.4) is 0 Å². The Kier molecular flexibility index (Phi) is 3.88. The molecule has 1 atom stereocenters. The summed E-state index contributed by atoms with van der Waals surface area (Å²) in [7, 11) is 1.97. The molecule has 1 saturated carbocycles. The molecule has 1 aliphatic heterocycles. The zero-order chi connectivity index (χ0) is 16.7. The first-order valence-corrected chi connectivity index (χ1v) is 8.67. The van der Waals surface area contributed by atoms with Crippen LogP contribution in [0.1, 0.15) is 53.5 Å². The molecule has 0 saturated heterocycles. The van der Waals surface area contributed by atoms with E-state index in [2.05, 4.69) is 16.2 Å². The minimum Gasteiger partial charge on any atom is -0.481 e. The van der Waals surface area contributed by atoms with Gasteiger partial charge in [0.25, 0.3) is 0 Å². The third kappa shape index (κ3) is 2.73. The number of carbonyl (C=O) groups is 1. The van der Waals surface area contributed by atoms with Crippen LogP contribution < -0.4 is 0 Å². The van der Waals surface area contributed by atoms with E-state index in [9.17, 15) is 9.90 Å². The Balaban J connectivity index is 1.59. The fourth-order valence-corrected chi connectivity index (χ4v) is 3.95. The normalized spacial score (nSPS) is 21.3. The molecule has 24 heavy (non-hydrogen) atoms. The summed E-state index contributed by atoms with van der Waals surface area (Å²) in [6.07, 6.45) is 5.85. The maximum atomic E-state index is 11.7. The summed E-state index contributed by atoms with van der Waals surface area (Å²) in [6.45, 7) is 2.14. The fraction of sp³-hybridized carbons (Fsp3) is 0.474. The first-order chi connectivity index (χ1) is 11.6. The van der Waals surface area contributed by atoms with Gasteiger partial charge in [-0.15, -0.1) is 0 Å². The van der Waals surface area contributed by atoms with E-state index in [0.717, 1.165) is 24.2 Å². The van der Waals surface area contributed by atoms with Crippen LogP contribution >= 0.6 is 0 Å². The van der Waals surface area contributed by atoms with Gasteiger partial charge in [0.15, 0.2) is 0 Å². The zero-order valence-electron chi connectivity index (χ0n) is 14.0. The van der Waals surface area contributed by atoms with E-state index in [1.54, 1.807) is 0 Å². The highest BCUT2D eigenvalue weighted by molar-refractivity contribution is 5.77. The third-order valence-electron chi connectivity index (χ3n) is 5.39. The average molecular weight is 325 g/mol. The average Bonchev–Trinajstić information content (AvgIpc) is 2.84. The topological polar surface area (TPSA) is 58.4 Å². The van der Waals surface area contributed by atoms with Crippen LogP contribution in [0, 0.1) is 0 Å². The molecule has 4 rings (SSSR count). The lowest BCUT2D eigenvalue weighted by atomic mass is 9.81. The van der Waals surface area contributed by atoms with Gasteiger partial charge in [0.2, 0.25) is 0 Å². The van der Waals surface area contributed by atoms with Crippen molar-refractivity contribution in [2.45, 2.75) is 44.2 Å². The van der Waals surface area contributed by atoms with Crippen molar-refractivity contribution in [3.8, 4) is 0 Å². The van der Waals surface area contributed by atoms with Gasteiger partial charge in [-0.2, -0.15) is 5.10 Å². The Bertz CT molecular complexity index is 764. The van der Waals surface area contributed by atoms with Crippen molar-refractivity contribution < 1.29 is 9.90 Å². The molecule has 0 amide bonds. The standard InChI is InChI=1S/C19H23N3O2/c1-21-9-15(18(20-21)13-6-4-7-13)11-22-10-14-5-2-3-8-16(14)17(12-22)19(23)24/h2-3,5,8-9,13,17H,4,6-7,10-12H2,1H3,(H,23,24). The molecule has 1 aliphatic carbocycles. The van der Waals surface area contributed by atoms with Crippen molar-refractivity contribution in [3.63, 3.8) is 0 Å². The Morgan fingerprint density at radius 3 is 2.83 bits per heavy atom. The van der Waals surface area contributed by atoms with E-state index in [-0.39, 0.29) is 0 Å². The molecule has 1 aromatic heterocycles. The second-order valence-electron chi connectivity index (χ2n) is 7.10. The van der Waals surface area contributed by atoms with Gasteiger partial charge >= 0.3 is 5.97 Å².